The molecule has 0 amide bonds. The van der Waals surface area contributed by atoms with Crippen LogP contribution in [-0.2, 0) is 18.4 Å². The van der Waals surface area contributed by atoms with Crippen molar-refractivity contribution in [2.45, 2.75) is 39.2 Å². The first kappa shape index (κ1) is 17.3. The van der Waals surface area contributed by atoms with Crippen molar-refractivity contribution in [3.8, 4) is 11.5 Å². The van der Waals surface area contributed by atoms with Gasteiger partial charge in [-0.05, 0) is 30.7 Å². The highest BCUT2D eigenvalue weighted by molar-refractivity contribution is 5.42. The number of aromatic nitrogens is 2. The summed E-state index contributed by atoms with van der Waals surface area (Å²) < 4.78 is 10.6. The molecule has 5 nitrogen and oxygen atoms in total. The molecule has 0 radical (unpaired) electrons. The molecule has 2 rings (SSSR count). The van der Waals surface area contributed by atoms with Crippen molar-refractivity contribution in [1.82, 2.24) is 15.5 Å². The molecule has 0 aliphatic carbocycles. The highest BCUT2D eigenvalue weighted by Gasteiger charge is 2.19. The lowest BCUT2D eigenvalue weighted by Gasteiger charge is -2.18. The molecule has 0 atom stereocenters. The lowest BCUT2D eigenvalue weighted by atomic mass is 9.89. The van der Waals surface area contributed by atoms with Crippen LogP contribution in [0.1, 0.15) is 37.6 Å². The van der Waals surface area contributed by atoms with E-state index in [1.165, 1.54) is 16.8 Å². The van der Waals surface area contributed by atoms with Crippen LogP contribution in [0.3, 0.4) is 0 Å². The molecule has 0 bridgehead atoms. The molecule has 126 valence electrons. The molecule has 23 heavy (non-hydrogen) atoms. The van der Waals surface area contributed by atoms with Crippen LogP contribution in [0.4, 0.5) is 0 Å². The van der Waals surface area contributed by atoms with Gasteiger partial charge >= 0.3 is 0 Å². The van der Waals surface area contributed by atoms with Crippen molar-refractivity contribution >= 4 is 0 Å². The molecule has 0 aliphatic rings. The summed E-state index contributed by atoms with van der Waals surface area (Å²) >= 11 is 0. The maximum Gasteiger partial charge on any atom is 0.160 e. The quantitative estimate of drug-likeness (QED) is 0.771. The van der Waals surface area contributed by atoms with Crippen molar-refractivity contribution in [2.75, 3.05) is 20.8 Å². The van der Waals surface area contributed by atoms with E-state index in [1.54, 1.807) is 14.2 Å². The molecule has 1 aromatic carbocycles. The number of methoxy groups -OCH3 is 2. The number of benzene rings is 1. The normalized spacial score (nSPS) is 11.5. The fraction of sp³-hybridized carbons (Fsp3) is 0.500. The van der Waals surface area contributed by atoms with Crippen molar-refractivity contribution in [2.24, 2.45) is 0 Å². The standard InChI is InChI=1S/C18H27N3O2/c1-18(2,3)17-14(12-20-21-17)11-19-9-8-13-6-7-15(22-4)16(10-13)23-5/h6-7,10,12,19H,8-9,11H2,1-5H3,(H,20,21). The van der Waals surface area contributed by atoms with E-state index in [0.717, 1.165) is 31.0 Å². The molecule has 2 N–H and O–H groups in total. The maximum absolute atomic E-state index is 5.34. The third-order valence-corrected chi connectivity index (χ3v) is 3.82. The summed E-state index contributed by atoms with van der Waals surface area (Å²) in [5, 5.41) is 10.8. The molecule has 0 saturated heterocycles. The summed E-state index contributed by atoms with van der Waals surface area (Å²) in [6.07, 6.45) is 2.84. The van der Waals surface area contributed by atoms with Gasteiger partial charge in [0.1, 0.15) is 0 Å². The summed E-state index contributed by atoms with van der Waals surface area (Å²) in [6, 6.07) is 6.04. The van der Waals surface area contributed by atoms with Crippen LogP contribution in [0.15, 0.2) is 24.4 Å². The zero-order valence-corrected chi connectivity index (χ0v) is 14.7. The first-order valence-electron chi connectivity index (χ1n) is 7.90. The Bertz CT molecular complexity index is 629. The minimum Gasteiger partial charge on any atom is -0.493 e. The fourth-order valence-electron chi connectivity index (χ4n) is 2.59. The van der Waals surface area contributed by atoms with Gasteiger partial charge in [0.05, 0.1) is 20.4 Å². The third-order valence-electron chi connectivity index (χ3n) is 3.82. The van der Waals surface area contributed by atoms with E-state index in [4.69, 9.17) is 9.47 Å². The SMILES string of the molecule is COc1ccc(CCNCc2cn[nH]c2C(C)(C)C)cc1OC. The Hall–Kier alpha value is -2.01. The van der Waals surface area contributed by atoms with Gasteiger partial charge in [-0.3, -0.25) is 5.10 Å². The summed E-state index contributed by atoms with van der Waals surface area (Å²) in [5.41, 5.74) is 3.72. The molecular weight excluding hydrogens is 290 g/mol. The molecule has 5 heteroatoms. The largest absolute Gasteiger partial charge is 0.493 e. The number of hydrogen-bond donors (Lipinski definition) is 2. The first-order chi connectivity index (χ1) is 11.0. The maximum atomic E-state index is 5.34. The van der Waals surface area contributed by atoms with Crippen LogP contribution < -0.4 is 14.8 Å². The molecule has 0 unspecified atom stereocenters. The Morgan fingerprint density at radius 2 is 1.87 bits per heavy atom. The summed E-state index contributed by atoms with van der Waals surface area (Å²) in [6.45, 7) is 8.27. The van der Waals surface area contributed by atoms with Crippen LogP contribution in [0.25, 0.3) is 0 Å². The number of rotatable bonds is 7. The van der Waals surface area contributed by atoms with Gasteiger partial charge in [-0.15, -0.1) is 0 Å². The summed E-state index contributed by atoms with van der Waals surface area (Å²) in [4.78, 5) is 0. The summed E-state index contributed by atoms with van der Waals surface area (Å²) in [5.74, 6) is 1.53. The topological polar surface area (TPSA) is 59.2 Å². The Kier molecular flexibility index (Phi) is 5.66. The molecule has 1 heterocycles. The van der Waals surface area contributed by atoms with E-state index in [1.807, 2.05) is 18.3 Å². The van der Waals surface area contributed by atoms with Crippen molar-refractivity contribution < 1.29 is 9.47 Å². The molecular formula is C18H27N3O2. The highest BCUT2D eigenvalue weighted by Crippen LogP contribution is 2.27. The third kappa shape index (κ3) is 4.48. The number of aromatic amines is 1. The van der Waals surface area contributed by atoms with E-state index in [-0.39, 0.29) is 5.41 Å². The van der Waals surface area contributed by atoms with Gasteiger partial charge in [-0.25, -0.2) is 0 Å². The van der Waals surface area contributed by atoms with Gasteiger partial charge in [-0.2, -0.15) is 5.10 Å². The van der Waals surface area contributed by atoms with E-state index >= 15 is 0 Å². The zero-order chi connectivity index (χ0) is 16.9. The number of hydrogen-bond acceptors (Lipinski definition) is 4. The van der Waals surface area contributed by atoms with Gasteiger partial charge < -0.3 is 14.8 Å². The van der Waals surface area contributed by atoms with E-state index in [0.29, 0.717) is 0 Å². The van der Waals surface area contributed by atoms with Crippen LogP contribution in [0.2, 0.25) is 0 Å². The van der Waals surface area contributed by atoms with Gasteiger partial charge in [0.2, 0.25) is 0 Å². The average Bonchev–Trinajstić information content (AvgIpc) is 3.00. The predicted molar refractivity (Wildman–Crippen MR) is 92.2 cm³/mol. The van der Waals surface area contributed by atoms with Crippen LogP contribution in [-0.4, -0.2) is 31.0 Å². The summed E-state index contributed by atoms with van der Waals surface area (Å²) in [7, 11) is 3.31. The van der Waals surface area contributed by atoms with Crippen LogP contribution in [0, 0.1) is 0 Å². The van der Waals surface area contributed by atoms with E-state index < -0.39 is 0 Å². The zero-order valence-electron chi connectivity index (χ0n) is 14.7. The van der Waals surface area contributed by atoms with Crippen LogP contribution >= 0.6 is 0 Å². The molecule has 0 fully saturated rings. The fourth-order valence-corrected chi connectivity index (χ4v) is 2.59. The second-order valence-corrected chi connectivity index (χ2v) is 6.64. The Morgan fingerprint density at radius 1 is 1.13 bits per heavy atom. The monoisotopic (exact) mass is 317 g/mol. The molecule has 1 aromatic heterocycles. The molecule has 0 spiro atoms. The number of nitrogens with zero attached hydrogens (tertiary/aromatic N) is 1. The van der Waals surface area contributed by atoms with E-state index in [2.05, 4.69) is 42.4 Å². The van der Waals surface area contributed by atoms with Gasteiger partial charge in [0, 0.05) is 23.2 Å². The minimum atomic E-state index is 0.0802. The van der Waals surface area contributed by atoms with Gasteiger partial charge in [0.25, 0.3) is 0 Å². The highest BCUT2D eigenvalue weighted by atomic mass is 16.5. The minimum absolute atomic E-state index is 0.0802. The van der Waals surface area contributed by atoms with Crippen LogP contribution in [0.5, 0.6) is 11.5 Å². The smallest absolute Gasteiger partial charge is 0.160 e. The Morgan fingerprint density at radius 3 is 2.52 bits per heavy atom. The lowest BCUT2D eigenvalue weighted by molar-refractivity contribution is 0.354. The van der Waals surface area contributed by atoms with Crippen molar-refractivity contribution in [3.05, 3.63) is 41.2 Å². The average molecular weight is 317 g/mol. The number of H-pyrrole nitrogens is 1. The second kappa shape index (κ2) is 7.51. The van der Waals surface area contributed by atoms with Gasteiger partial charge in [0.15, 0.2) is 11.5 Å². The van der Waals surface area contributed by atoms with Crippen molar-refractivity contribution in [3.63, 3.8) is 0 Å². The molecule has 0 saturated carbocycles. The number of ether oxygens (including phenoxy) is 2. The second-order valence-electron chi connectivity index (χ2n) is 6.64. The first-order valence-corrected chi connectivity index (χ1v) is 7.90. The van der Waals surface area contributed by atoms with Gasteiger partial charge in [-0.1, -0.05) is 26.8 Å². The lowest BCUT2D eigenvalue weighted by Crippen LogP contribution is -2.20. The van der Waals surface area contributed by atoms with E-state index in [9.17, 15) is 0 Å². The Balaban J connectivity index is 1.88. The van der Waals surface area contributed by atoms with Crippen molar-refractivity contribution in [1.29, 1.82) is 0 Å². The number of nitrogens with one attached hydrogen (secondary N) is 2. The molecule has 2 aromatic rings. The predicted octanol–water partition coefficient (Wildman–Crippen LogP) is 3.06. The Labute approximate surface area is 138 Å². The molecule has 0 aliphatic heterocycles.